The number of aryl methyl sites for hydroxylation is 2. The second-order valence-electron chi connectivity index (χ2n) is 4.32. The van der Waals surface area contributed by atoms with E-state index >= 15 is 0 Å². The quantitative estimate of drug-likeness (QED) is 0.857. The highest BCUT2D eigenvalue weighted by molar-refractivity contribution is 6.03. The summed E-state index contributed by atoms with van der Waals surface area (Å²) in [6, 6.07) is 9.31. The Hall–Kier alpha value is -2.14. The van der Waals surface area contributed by atoms with E-state index in [4.69, 9.17) is 5.11 Å². The van der Waals surface area contributed by atoms with Gasteiger partial charge < -0.3 is 10.4 Å². The van der Waals surface area contributed by atoms with E-state index in [0.717, 1.165) is 24.1 Å². The Kier molecular flexibility index (Phi) is 4.30. The Bertz CT molecular complexity index is 563. The van der Waals surface area contributed by atoms with Crippen LogP contribution in [0.5, 0.6) is 0 Å². The normalized spacial score (nSPS) is 10.4. The molecule has 2 aromatic rings. The number of aliphatic hydroxyl groups is 1. The summed E-state index contributed by atoms with van der Waals surface area (Å²) in [6.07, 6.45) is 3.11. The number of carbonyl (C=O) groups is 1. The van der Waals surface area contributed by atoms with Crippen LogP contribution in [0.4, 0.5) is 5.69 Å². The van der Waals surface area contributed by atoms with Crippen LogP contribution < -0.4 is 5.32 Å². The van der Waals surface area contributed by atoms with Gasteiger partial charge in [0.1, 0.15) is 5.69 Å². The standard InChI is InChI=1S/C14H17N3O2/c1-17-13(7-8-15-17)14(19)16-12-6-2-4-11(10-12)5-3-9-18/h2,4,6-8,10,18H,3,5,9H2,1H3,(H,16,19). The van der Waals surface area contributed by atoms with Gasteiger partial charge in [-0.05, 0) is 36.6 Å². The van der Waals surface area contributed by atoms with Gasteiger partial charge in [0.15, 0.2) is 0 Å². The number of hydrogen-bond acceptors (Lipinski definition) is 3. The van der Waals surface area contributed by atoms with Crippen molar-refractivity contribution in [3.63, 3.8) is 0 Å². The van der Waals surface area contributed by atoms with Crippen LogP contribution in [-0.4, -0.2) is 27.4 Å². The zero-order valence-corrected chi connectivity index (χ0v) is 10.8. The highest BCUT2D eigenvalue weighted by Gasteiger charge is 2.09. The number of benzene rings is 1. The molecule has 0 bridgehead atoms. The van der Waals surface area contributed by atoms with E-state index in [9.17, 15) is 4.79 Å². The van der Waals surface area contributed by atoms with Gasteiger partial charge in [-0.3, -0.25) is 9.48 Å². The highest BCUT2D eigenvalue weighted by Crippen LogP contribution is 2.13. The Morgan fingerprint density at radius 1 is 1.42 bits per heavy atom. The molecule has 0 saturated carbocycles. The van der Waals surface area contributed by atoms with Gasteiger partial charge >= 0.3 is 0 Å². The van der Waals surface area contributed by atoms with Crippen LogP contribution in [0.3, 0.4) is 0 Å². The monoisotopic (exact) mass is 259 g/mol. The Morgan fingerprint density at radius 3 is 2.95 bits per heavy atom. The molecule has 100 valence electrons. The maximum Gasteiger partial charge on any atom is 0.273 e. The molecule has 0 aliphatic heterocycles. The van der Waals surface area contributed by atoms with Gasteiger partial charge in [0.05, 0.1) is 0 Å². The van der Waals surface area contributed by atoms with E-state index < -0.39 is 0 Å². The van der Waals surface area contributed by atoms with Crippen molar-refractivity contribution in [1.29, 1.82) is 0 Å². The van der Waals surface area contributed by atoms with Crippen molar-refractivity contribution in [1.82, 2.24) is 9.78 Å². The SMILES string of the molecule is Cn1nccc1C(=O)Nc1cccc(CCCO)c1. The van der Waals surface area contributed by atoms with Crippen LogP contribution >= 0.6 is 0 Å². The van der Waals surface area contributed by atoms with E-state index in [0.29, 0.717) is 5.69 Å². The summed E-state index contributed by atoms with van der Waals surface area (Å²) in [7, 11) is 1.73. The van der Waals surface area contributed by atoms with Crippen molar-refractivity contribution in [3.8, 4) is 0 Å². The number of aliphatic hydroxyl groups excluding tert-OH is 1. The summed E-state index contributed by atoms with van der Waals surface area (Å²) in [5, 5.41) is 15.6. The van der Waals surface area contributed by atoms with Crippen LogP contribution in [0.25, 0.3) is 0 Å². The number of hydrogen-bond donors (Lipinski definition) is 2. The predicted molar refractivity (Wildman–Crippen MR) is 73.0 cm³/mol. The van der Waals surface area contributed by atoms with Gasteiger partial charge in [-0.1, -0.05) is 12.1 Å². The summed E-state index contributed by atoms with van der Waals surface area (Å²) in [6.45, 7) is 0.172. The number of aromatic nitrogens is 2. The van der Waals surface area contributed by atoms with E-state index in [1.807, 2.05) is 24.3 Å². The number of amides is 1. The smallest absolute Gasteiger partial charge is 0.273 e. The zero-order valence-electron chi connectivity index (χ0n) is 10.8. The number of rotatable bonds is 5. The van der Waals surface area contributed by atoms with E-state index in [2.05, 4.69) is 10.4 Å². The molecule has 1 aromatic heterocycles. The molecule has 2 rings (SSSR count). The lowest BCUT2D eigenvalue weighted by Crippen LogP contribution is -2.16. The third kappa shape index (κ3) is 3.42. The highest BCUT2D eigenvalue weighted by atomic mass is 16.2. The summed E-state index contributed by atoms with van der Waals surface area (Å²) < 4.78 is 1.53. The topological polar surface area (TPSA) is 67.2 Å². The summed E-state index contributed by atoms with van der Waals surface area (Å²) in [5.74, 6) is -0.181. The van der Waals surface area contributed by atoms with Crippen molar-refractivity contribution in [2.45, 2.75) is 12.8 Å². The van der Waals surface area contributed by atoms with Crippen molar-refractivity contribution in [2.75, 3.05) is 11.9 Å². The molecule has 19 heavy (non-hydrogen) atoms. The van der Waals surface area contributed by atoms with Crippen LogP contribution in [0, 0.1) is 0 Å². The van der Waals surface area contributed by atoms with Crippen molar-refractivity contribution >= 4 is 11.6 Å². The maximum atomic E-state index is 12.0. The summed E-state index contributed by atoms with van der Waals surface area (Å²) >= 11 is 0. The fourth-order valence-electron chi connectivity index (χ4n) is 1.88. The summed E-state index contributed by atoms with van der Waals surface area (Å²) in [4.78, 5) is 12.0. The molecule has 0 atom stereocenters. The van der Waals surface area contributed by atoms with Gasteiger partial charge in [-0.15, -0.1) is 0 Å². The molecule has 0 aliphatic carbocycles. The molecule has 1 amide bonds. The molecular weight excluding hydrogens is 242 g/mol. The predicted octanol–water partition coefficient (Wildman–Crippen LogP) is 1.60. The number of nitrogens with one attached hydrogen (secondary N) is 1. The van der Waals surface area contributed by atoms with Crippen LogP contribution in [0.2, 0.25) is 0 Å². The average molecular weight is 259 g/mol. The number of anilines is 1. The molecule has 0 aliphatic rings. The number of nitrogens with zero attached hydrogens (tertiary/aromatic N) is 2. The first kappa shape index (κ1) is 13.3. The largest absolute Gasteiger partial charge is 0.396 e. The summed E-state index contributed by atoms with van der Waals surface area (Å²) in [5.41, 5.74) is 2.36. The second kappa shape index (κ2) is 6.15. The molecule has 0 saturated heterocycles. The first-order valence-electron chi connectivity index (χ1n) is 6.20. The Labute approximate surface area is 111 Å². The minimum absolute atomic E-state index is 0.172. The first-order chi connectivity index (χ1) is 9.20. The van der Waals surface area contributed by atoms with E-state index in [-0.39, 0.29) is 12.5 Å². The van der Waals surface area contributed by atoms with Gasteiger partial charge in [0, 0.05) is 25.5 Å². The molecule has 0 fully saturated rings. The van der Waals surface area contributed by atoms with Crippen molar-refractivity contribution < 1.29 is 9.90 Å². The molecule has 5 nitrogen and oxygen atoms in total. The van der Waals surface area contributed by atoms with Crippen LogP contribution in [0.15, 0.2) is 36.5 Å². The van der Waals surface area contributed by atoms with Gasteiger partial charge in [-0.25, -0.2) is 0 Å². The third-order valence-electron chi connectivity index (χ3n) is 2.86. The Morgan fingerprint density at radius 2 is 2.26 bits per heavy atom. The second-order valence-corrected chi connectivity index (χ2v) is 4.32. The van der Waals surface area contributed by atoms with Gasteiger partial charge in [-0.2, -0.15) is 5.10 Å². The van der Waals surface area contributed by atoms with Crippen molar-refractivity contribution in [2.24, 2.45) is 7.05 Å². The maximum absolute atomic E-state index is 12.0. The molecule has 0 unspecified atom stereocenters. The first-order valence-corrected chi connectivity index (χ1v) is 6.20. The van der Waals surface area contributed by atoms with Gasteiger partial charge in [0.25, 0.3) is 5.91 Å². The molecule has 1 aromatic carbocycles. The molecular formula is C14H17N3O2. The fourth-order valence-corrected chi connectivity index (χ4v) is 1.88. The van der Waals surface area contributed by atoms with Crippen LogP contribution in [0.1, 0.15) is 22.5 Å². The third-order valence-corrected chi connectivity index (χ3v) is 2.86. The lowest BCUT2D eigenvalue weighted by atomic mass is 10.1. The average Bonchev–Trinajstić information content (AvgIpc) is 2.83. The molecule has 2 N–H and O–H groups in total. The van der Waals surface area contributed by atoms with E-state index in [1.165, 1.54) is 4.68 Å². The molecule has 0 radical (unpaired) electrons. The van der Waals surface area contributed by atoms with Gasteiger partial charge in [0.2, 0.25) is 0 Å². The minimum Gasteiger partial charge on any atom is -0.396 e. The minimum atomic E-state index is -0.181. The lowest BCUT2D eigenvalue weighted by Gasteiger charge is -2.07. The van der Waals surface area contributed by atoms with E-state index in [1.54, 1.807) is 19.3 Å². The Balaban J connectivity index is 2.07. The lowest BCUT2D eigenvalue weighted by molar-refractivity contribution is 0.101. The molecule has 5 heteroatoms. The van der Waals surface area contributed by atoms with Crippen LogP contribution in [-0.2, 0) is 13.5 Å². The van der Waals surface area contributed by atoms with Crippen molar-refractivity contribution in [3.05, 3.63) is 47.8 Å². The fraction of sp³-hybridized carbons (Fsp3) is 0.286. The molecule has 1 heterocycles. The zero-order chi connectivity index (χ0) is 13.7. The molecule has 0 spiro atoms. The number of carbonyl (C=O) groups excluding carboxylic acids is 1.